The Morgan fingerprint density at radius 2 is 1.85 bits per heavy atom. The SMILES string of the molecule is CC1=CC(C)CC(C(O)C2(CN)CCCCCCC2)C1. The van der Waals surface area contributed by atoms with Crippen LogP contribution in [0.15, 0.2) is 11.6 Å². The minimum atomic E-state index is -0.211. The molecule has 2 heteroatoms. The third-order valence-corrected chi connectivity index (χ3v) is 5.66. The van der Waals surface area contributed by atoms with E-state index in [2.05, 4.69) is 19.9 Å². The number of aliphatic hydroxyl groups excluding tert-OH is 1. The van der Waals surface area contributed by atoms with Crippen LogP contribution in [0.4, 0.5) is 0 Å². The van der Waals surface area contributed by atoms with Gasteiger partial charge in [-0.15, -0.1) is 0 Å². The van der Waals surface area contributed by atoms with Gasteiger partial charge < -0.3 is 10.8 Å². The fourth-order valence-electron chi connectivity index (χ4n) is 4.57. The lowest BCUT2D eigenvalue weighted by molar-refractivity contribution is -0.0370. The second-order valence-electron chi connectivity index (χ2n) is 7.47. The highest BCUT2D eigenvalue weighted by atomic mass is 16.3. The maximum absolute atomic E-state index is 11.1. The number of hydrogen-bond donors (Lipinski definition) is 2. The van der Waals surface area contributed by atoms with Crippen LogP contribution in [-0.4, -0.2) is 17.8 Å². The van der Waals surface area contributed by atoms with Gasteiger partial charge in [0, 0.05) is 12.0 Å². The van der Waals surface area contributed by atoms with Gasteiger partial charge in [-0.1, -0.05) is 50.7 Å². The van der Waals surface area contributed by atoms with Crippen molar-refractivity contribution in [2.45, 2.75) is 77.7 Å². The van der Waals surface area contributed by atoms with Gasteiger partial charge in [-0.05, 0) is 44.4 Å². The molecule has 2 aliphatic carbocycles. The molecule has 1 saturated carbocycles. The molecule has 116 valence electrons. The number of nitrogens with two attached hydrogens (primary N) is 1. The molecule has 0 saturated heterocycles. The maximum atomic E-state index is 11.1. The average Bonchev–Trinajstić information content (AvgIpc) is 2.37. The van der Waals surface area contributed by atoms with Crippen molar-refractivity contribution >= 4 is 0 Å². The van der Waals surface area contributed by atoms with Crippen LogP contribution in [0.2, 0.25) is 0 Å². The van der Waals surface area contributed by atoms with E-state index in [-0.39, 0.29) is 11.5 Å². The first-order chi connectivity index (χ1) is 9.57. The van der Waals surface area contributed by atoms with Gasteiger partial charge in [0.05, 0.1) is 6.10 Å². The van der Waals surface area contributed by atoms with Gasteiger partial charge in [0.1, 0.15) is 0 Å². The van der Waals surface area contributed by atoms with Gasteiger partial charge in [-0.3, -0.25) is 0 Å². The van der Waals surface area contributed by atoms with Gasteiger partial charge in [-0.2, -0.15) is 0 Å². The zero-order valence-electron chi connectivity index (χ0n) is 13.4. The lowest BCUT2D eigenvalue weighted by Crippen LogP contribution is -2.47. The number of aliphatic hydroxyl groups is 1. The minimum absolute atomic E-state index is 0.0115. The Labute approximate surface area is 124 Å². The molecule has 0 heterocycles. The van der Waals surface area contributed by atoms with E-state index >= 15 is 0 Å². The molecule has 20 heavy (non-hydrogen) atoms. The van der Waals surface area contributed by atoms with E-state index in [4.69, 9.17) is 5.73 Å². The first-order valence-corrected chi connectivity index (χ1v) is 8.63. The summed E-state index contributed by atoms with van der Waals surface area (Å²) in [6.45, 7) is 5.14. The quantitative estimate of drug-likeness (QED) is 0.766. The maximum Gasteiger partial charge on any atom is 0.0639 e. The summed E-state index contributed by atoms with van der Waals surface area (Å²) >= 11 is 0. The molecule has 3 atom stereocenters. The smallest absolute Gasteiger partial charge is 0.0639 e. The molecular weight excluding hydrogens is 246 g/mol. The zero-order chi connectivity index (χ0) is 14.6. The molecule has 3 unspecified atom stereocenters. The van der Waals surface area contributed by atoms with Gasteiger partial charge in [0.25, 0.3) is 0 Å². The van der Waals surface area contributed by atoms with Crippen LogP contribution in [0.25, 0.3) is 0 Å². The highest BCUT2D eigenvalue weighted by molar-refractivity contribution is 5.08. The van der Waals surface area contributed by atoms with Crippen LogP contribution in [0.3, 0.4) is 0 Å². The molecule has 0 amide bonds. The highest BCUT2D eigenvalue weighted by Gasteiger charge is 2.41. The van der Waals surface area contributed by atoms with E-state index < -0.39 is 0 Å². The average molecular weight is 279 g/mol. The second-order valence-corrected chi connectivity index (χ2v) is 7.47. The molecular formula is C18H33NO. The van der Waals surface area contributed by atoms with Crippen molar-refractivity contribution in [3.8, 4) is 0 Å². The first-order valence-electron chi connectivity index (χ1n) is 8.63. The van der Waals surface area contributed by atoms with Gasteiger partial charge >= 0.3 is 0 Å². The van der Waals surface area contributed by atoms with E-state index in [0.717, 1.165) is 25.7 Å². The third kappa shape index (κ3) is 3.65. The fraction of sp³-hybridized carbons (Fsp3) is 0.889. The summed E-state index contributed by atoms with van der Waals surface area (Å²) in [5, 5.41) is 11.1. The van der Waals surface area contributed by atoms with Crippen LogP contribution in [0.5, 0.6) is 0 Å². The molecule has 1 fully saturated rings. The molecule has 2 nitrogen and oxygen atoms in total. The lowest BCUT2D eigenvalue weighted by Gasteiger charge is -2.44. The van der Waals surface area contributed by atoms with Crippen molar-refractivity contribution < 1.29 is 5.11 Å². The zero-order valence-corrected chi connectivity index (χ0v) is 13.4. The predicted molar refractivity (Wildman–Crippen MR) is 85.5 cm³/mol. The molecule has 0 bridgehead atoms. The van der Waals surface area contributed by atoms with Crippen LogP contribution in [0.1, 0.15) is 71.6 Å². The van der Waals surface area contributed by atoms with E-state index in [1.54, 1.807) is 0 Å². The van der Waals surface area contributed by atoms with Gasteiger partial charge in [0.15, 0.2) is 0 Å². The Hall–Kier alpha value is -0.340. The molecule has 2 rings (SSSR count). The lowest BCUT2D eigenvalue weighted by atomic mass is 9.65. The van der Waals surface area contributed by atoms with E-state index in [1.807, 2.05) is 0 Å². The molecule has 3 N–H and O–H groups in total. The summed E-state index contributed by atoms with van der Waals surface area (Å²) in [4.78, 5) is 0. The predicted octanol–water partition coefficient (Wildman–Crippen LogP) is 4.03. The van der Waals surface area contributed by atoms with Crippen molar-refractivity contribution in [2.75, 3.05) is 6.54 Å². The van der Waals surface area contributed by atoms with Crippen molar-refractivity contribution in [3.63, 3.8) is 0 Å². The second kappa shape index (κ2) is 7.09. The van der Waals surface area contributed by atoms with Crippen molar-refractivity contribution in [2.24, 2.45) is 23.0 Å². The molecule has 0 radical (unpaired) electrons. The van der Waals surface area contributed by atoms with Crippen LogP contribution in [0, 0.1) is 17.3 Å². The standard InChI is InChI=1S/C18H33NO/c1-14-10-15(2)12-16(11-14)17(20)18(13-19)8-6-4-3-5-7-9-18/h10,14,16-17,20H,3-9,11-13,19H2,1-2H3. The Morgan fingerprint density at radius 1 is 1.25 bits per heavy atom. The van der Waals surface area contributed by atoms with Gasteiger partial charge in [-0.25, -0.2) is 0 Å². The number of rotatable bonds is 3. The number of allylic oxidation sites excluding steroid dienone is 2. The summed E-state index contributed by atoms with van der Waals surface area (Å²) < 4.78 is 0. The molecule has 0 aromatic carbocycles. The topological polar surface area (TPSA) is 46.2 Å². The van der Waals surface area contributed by atoms with Crippen molar-refractivity contribution in [1.82, 2.24) is 0 Å². The summed E-state index contributed by atoms with van der Waals surface area (Å²) in [5.74, 6) is 1.02. The van der Waals surface area contributed by atoms with Crippen molar-refractivity contribution in [3.05, 3.63) is 11.6 Å². The molecule has 0 aromatic rings. The van der Waals surface area contributed by atoms with Crippen LogP contribution >= 0.6 is 0 Å². The summed E-state index contributed by atoms with van der Waals surface area (Å²) in [7, 11) is 0. The summed E-state index contributed by atoms with van der Waals surface area (Å²) in [6, 6.07) is 0. The normalized spacial score (nSPS) is 32.9. The van der Waals surface area contributed by atoms with E-state index in [1.165, 1.54) is 37.7 Å². The Kier molecular flexibility index (Phi) is 5.68. The highest BCUT2D eigenvalue weighted by Crippen LogP contribution is 2.43. The molecule has 0 spiro atoms. The van der Waals surface area contributed by atoms with Crippen molar-refractivity contribution in [1.29, 1.82) is 0 Å². The van der Waals surface area contributed by atoms with Crippen LogP contribution < -0.4 is 5.73 Å². The molecule has 0 aliphatic heterocycles. The molecule has 2 aliphatic rings. The Morgan fingerprint density at radius 3 is 2.40 bits per heavy atom. The minimum Gasteiger partial charge on any atom is -0.392 e. The first kappa shape index (κ1) is 16.0. The van der Waals surface area contributed by atoms with E-state index in [0.29, 0.717) is 18.4 Å². The van der Waals surface area contributed by atoms with Gasteiger partial charge in [0.2, 0.25) is 0 Å². The van der Waals surface area contributed by atoms with E-state index in [9.17, 15) is 5.11 Å². The fourth-order valence-corrected chi connectivity index (χ4v) is 4.57. The Bertz CT molecular complexity index is 328. The largest absolute Gasteiger partial charge is 0.392 e. The Balaban J connectivity index is 2.10. The monoisotopic (exact) mass is 279 g/mol. The third-order valence-electron chi connectivity index (χ3n) is 5.66. The summed E-state index contributed by atoms with van der Waals surface area (Å²) in [5.41, 5.74) is 7.60. The number of hydrogen-bond acceptors (Lipinski definition) is 2. The summed E-state index contributed by atoms with van der Waals surface area (Å²) in [6.07, 6.45) is 13.1. The van der Waals surface area contributed by atoms with Crippen LogP contribution in [-0.2, 0) is 0 Å². The molecule has 0 aromatic heterocycles.